The molecule has 6 heteroatoms. The number of nitrogens with zero attached hydrogens (tertiary/aromatic N) is 4. The number of para-hydroxylation sites is 2. The highest BCUT2D eigenvalue weighted by molar-refractivity contribution is 6.22. The lowest BCUT2D eigenvalue weighted by Gasteiger charge is -2.34. The number of anilines is 3. The predicted molar refractivity (Wildman–Crippen MR) is 529 cm³/mol. The maximum atomic E-state index is 7.54. The lowest BCUT2D eigenvalue weighted by Crippen LogP contribution is -2.26. The molecule has 6 nitrogen and oxygen atoms in total. The third-order valence-corrected chi connectivity index (χ3v) is 30.7. The van der Waals surface area contributed by atoms with Gasteiger partial charge in [-0.25, -0.2) is 4.98 Å². The Balaban J connectivity index is 0.735. The summed E-state index contributed by atoms with van der Waals surface area (Å²) in [5.74, 6) is 1.79. The van der Waals surface area contributed by atoms with Gasteiger partial charge in [-0.2, -0.15) is 9.97 Å². The van der Waals surface area contributed by atoms with Crippen LogP contribution in [0.2, 0.25) is 0 Å². The maximum Gasteiger partial charge on any atom is 0.238 e. The smallest absolute Gasteiger partial charge is 0.238 e. The molecule has 0 aliphatic heterocycles. The van der Waals surface area contributed by atoms with Crippen LogP contribution in [-0.2, 0) is 27.1 Å². The molecule has 632 valence electrons. The van der Waals surface area contributed by atoms with Crippen molar-refractivity contribution in [3.8, 4) is 101 Å². The fraction of sp³-hybridized carbons (Fsp3) is 0.325. The molecular formula is C120H120N4O2. The molecule has 21 rings (SSSR count). The molecule has 0 spiro atoms. The molecule has 16 aromatic rings. The lowest BCUT2D eigenvalue weighted by molar-refractivity contribution is 0.399. The minimum atomic E-state index is -0.472. The molecule has 0 atom stereocenters. The van der Waals surface area contributed by atoms with Crippen LogP contribution in [0.25, 0.3) is 145 Å². The first-order valence-corrected chi connectivity index (χ1v) is 48.2. The summed E-state index contributed by atoms with van der Waals surface area (Å²) in [5, 5.41) is 4.69. The van der Waals surface area contributed by atoms with Crippen molar-refractivity contribution in [3.63, 3.8) is 0 Å². The summed E-state index contributed by atoms with van der Waals surface area (Å²) in [6.45, 7) is 24.2. The molecular weight excluding hydrogens is 1530 g/mol. The van der Waals surface area contributed by atoms with Gasteiger partial charge in [-0.05, 0) is 209 Å². The van der Waals surface area contributed by atoms with E-state index in [4.69, 9.17) is 23.8 Å². The molecule has 0 radical (unpaired) electrons. The minimum Gasteiger partial charge on any atom is -0.455 e. The number of hydrogen-bond acceptors (Lipinski definition) is 6. The van der Waals surface area contributed by atoms with Crippen molar-refractivity contribution in [2.45, 2.75) is 250 Å². The minimum absolute atomic E-state index is 0.00888. The number of fused-ring (bicyclic) bond motifs is 25. The Hall–Kier alpha value is -11.7. The van der Waals surface area contributed by atoms with Crippen LogP contribution in [-0.4, -0.2) is 15.0 Å². The van der Waals surface area contributed by atoms with E-state index in [-0.39, 0.29) is 16.2 Å². The van der Waals surface area contributed by atoms with E-state index in [1.807, 2.05) is 0 Å². The number of unbranched alkanes of at least 4 members (excludes halogenated alkanes) is 16. The van der Waals surface area contributed by atoms with E-state index in [9.17, 15) is 0 Å². The van der Waals surface area contributed by atoms with Gasteiger partial charge >= 0.3 is 0 Å². The van der Waals surface area contributed by atoms with E-state index in [2.05, 4.69) is 329 Å². The number of furan rings is 2. The highest BCUT2D eigenvalue weighted by Gasteiger charge is 2.51. The Kier molecular flexibility index (Phi) is 21.0. The SMILES string of the molecule is CCCCCCCC1(CCCCCCC)c2ccccc2-c2ccc(-c3ccc4c(c3)C(C)(C)c3cc(-c5cc6c(c7c5oc5ccccc57)-c5ccc(N(c7ccc8c(c7)C(C)(C)c7c9c(c%10oc%11ccccc%11c%10c7-8)-c7ccccc7C9(C)C)c7nc(-c8ccccc8)nc(-c8ccccc8)n7)cc5C6(CCCCCCC)CCCCCCC)ccc3-4)cc21. The average molecular weight is 1650 g/mol. The maximum absolute atomic E-state index is 7.54. The van der Waals surface area contributed by atoms with E-state index < -0.39 is 10.8 Å². The number of benzene rings is 13. The summed E-state index contributed by atoms with van der Waals surface area (Å²) in [5.41, 5.74) is 38.2. The van der Waals surface area contributed by atoms with Gasteiger partial charge in [-0.1, -0.05) is 392 Å². The summed E-state index contributed by atoms with van der Waals surface area (Å²) < 4.78 is 14.8. The normalized spacial score (nSPS) is 15.0. The Morgan fingerprint density at radius 3 is 1.20 bits per heavy atom. The van der Waals surface area contributed by atoms with Crippen molar-refractivity contribution in [1.82, 2.24) is 15.0 Å². The van der Waals surface area contributed by atoms with E-state index in [1.54, 1.807) is 11.1 Å². The zero-order chi connectivity index (χ0) is 85.8. The van der Waals surface area contributed by atoms with Gasteiger partial charge in [0.2, 0.25) is 5.95 Å². The Bertz CT molecular complexity index is 6820. The highest BCUT2D eigenvalue weighted by Crippen LogP contribution is 2.66. The Labute approximate surface area is 746 Å². The fourth-order valence-corrected chi connectivity index (χ4v) is 24.3. The molecule has 0 fully saturated rings. The Morgan fingerprint density at radius 1 is 0.262 bits per heavy atom. The van der Waals surface area contributed by atoms with Crippen molar-refractivity contribution in [1.29, 1.82) is 0 Å². The number of aromatic nitrogens is 3. The molecule has 3 heterocycles. The van der Waals surface area contributed by atoms with Crippen LogP contribution in [0.1, 0.15) is 279 Å². The summed E-state index contributed by atoms with van der Waals surface area (Å²) in [7, 11) is 0. The summed E-state index contributed by atoms with van der Waals surface area (Å²) in [6, 6.07) is 97.2. The molecule has 126 heavy (non-hydrogen) atoms. The average Bonchev–Trinajstić information content (AvgIpc) is 1.49. The standard InChI is InChI=1S/C120H120N4O2/c1-11-15-19-23-41-67-119(68-42-24-20-16-12-2)95-54-38-33-49-84(95)87-63-58-80(72-99(87)119)79-57-62-85-86-64-59-81(73-97(86)116(5,6)96(85)71-79)93-76-101-104(106-91-51-35-39-55-102(91)125-111(93)106)90-66-61-83(75-100(90)120(101,69-43-25-21-17-13-3)70-44-26-22-18-14-4)124(115-122-113(77-45-29-27-30-46-77)121-114(123-115)78-47-31-28-32-48-78)82-60-65-89-98(74-82)118(9,10)109-105(89)107-92-52-36-40-56-103(92)126-112(107)108-88-50-34-37-53-94(88)117(7,8)110(108)109/h27-40,45-66,71-76H,11-26,41-44,67-70H2,1-10H3. The third kappa shape index (κ3) is 13.1. The molecule has 0 unspecified atom stereocenters. The molecule has 0 N–H and O–H groups in total. The van der Waals surface area contributed by atoms with Crippen LogP contribution in [0.15, 0.2) is 264 Å². The molecule has 0 saturated carbocycles. The van der Waals surface area contributed by atoms with Gasteiger partial charge in [0.05, 0.1) is 0 Å². The van der Waals surface area contributed by atoms with Crippen molar-refractivity contribution < 1.29 is 8.83 Å². The second-order valence-electron chi connectivity index (χ2n) is 39.3. The second kappa shape index (κ2) is 32.6. The lowest BCUT2D eigenvalue weighted by atomic mass is 9.70. The van der Waals surface area contributed by atoms with Gasteiger partial charge in [-0.3, -0.25) is 4.90 Å². The van der Waals surface area contributed by atoms with Gasteiger partial charge in [0, 0.05) is 82.2 Å². The van der Waals surface area contributed by atoms with Crippen LogP contribution >= 0.6 is 0 Å². The van der Waals surface area contributed by atoms with E-state index in [0.717, 1.165) is 86.9 Å². The molecule has 0 bridgehead atoms. The van der Waals surface area contributed by atoms with Crippen LogP contribution in [0, 0.1) is 0 Å². The van der Waals surface area contributed by atoms with E-state index >= 15 is 0 Å². The van der Waals surface area contributed by atoms with Crippen LogP contribution in [0.4, 0.5) is 17.3 Å². The van der Waals surface area contributed by atoms with Gasteiger partial charge in [0.25, 0.3) is 0 Å². The Morgan fingerprint density at radius 2 is 0.643 bits per heavy atom. The first-order chi connectivity index (χ1) is 61.6. The summed E-state index contributed by atoms with van der Waals surface area (Å²) in [6.07, 6.45) is 29.2. The quantitative estimate of drug-likeness (QED) is 0.0403. The molecule has 0 saturated heterocycles. The second-order valence-corrected chi connectivity index (χ2v) is 39.3. The van der Waals surface area contributed by atoms with Gasteiger partial charge in [-0.15, -0.1) is 0 Å². The van der Waals surface area contributed by atoms with Crippen molar-refractivity contribution >= 4 is 61.2 Å². The van der Waals surface area contributed by atoms with Crippen molar-refractivity contribution in [2.24, 2.45) is 0 Å². The first-order valence-electron chi connectivity index (χ1n) is 48.2. The third-order valence-electron chi connectivity index (χ3n) is 30.7. The molecule has 5 aliphatic rings. The molecule has 5 aliphatic carbocycles. The van der Waals surface area contributed by atoms with Crippen LogP contribution in [0.3, 0.4) is 0 Å². The zero-order valence-electron chi connectivity index (χ0n) is 75.8. The van der Waals surface area contributed by atoms with Gasteiger partial charge in [0.1, 0.15) is 22.3 Å². The largest absolute Gasteiger partial charge is 0.455 e. The van der Waals surface area contributed by atoms with Crippen LogP contribution < -0.4 is 4.90 Å². The molecule has 13 aromatic carbocycles. The van der Waals surface area contributed by atoms with Crippen LogP contribution in [0.5, 0.6) is 0 Å². The zero-order valence-corrected chi connectivity index (χ0v) is 75.8. The number of hydrogen-bond donors (Lipinski definition) is 0. The molecule has 0 amide bonds. The first kappa shape index (κ1) is 81.3. The van der Waals surface area contributed by atoms with Crippen molar-refractivity contribution in [2.75, 3.05) is 4.90 Å². The summed E-state index contributed by atoms with van der Waals surface area (Å²) in [4.78, 5) is 19.3. The monoisotopic (exact) mass is 1650 g/mol. The number of rotatable bonds is 31. The van der Waals surface area contributed by atoms with Crippen molar-refractivity contribution in [3.05, 3.63) is 310 Å². The summed E-state index contributed by atoms with van der Waals surface area (Å²) >= 11 is 0. The highest BCUT2D eigenvalue weighted by atomic mass is 16.3. The van der Waals surface area contributed by atoms with Gasteiger partial charge in [0.15, 0.2) is 11.6 Å². The fourth-order valence-electron chi connectivity index (χ4n) is 24.3. The predicted octanol–water partition coefficient (Wildman–Crippen LogP) is 34.7. The van der Waals surface area contributed by atoms with E-state index in [1.165, 1.54) is 256 Å². The topological polar surface area (TPSA) is 68.2 Å². The van der Waals surface area contributed by atoms with Gasteiger partial charge < -0.3 is 8.83 Å². The molecule has 3 aromatic heterocycles. The van der Waals surface area contributed by atoms with E-state index in [0.29, 0.717) is 17.6 Å².